The van der Waals surface area contributed by atoms with Crippen molar-refractivity contribution in [3.8, 4) is 85.0 Å². The Bertz CT molecular complexity index is 9600. The maximum atomic E-state index is 7.48. The standard InChI is InChI=1S/C39H22N4O.2C39H22N4S/c1-40-26-10-8-9-25(23-26)36-32-13-2-5-14-33(32)41-39(42-36)24-17-19-27(20-18-24)43-34-15-6-3-11-28(34)30-21-22-31-29-12-4-7-16-35(29)44-38(31)37(30)43;1-40-26-19-17-24(18-20-26)36-32-13-2-5-14-33(32)41-39(42-36)25-9-8-10-27(23-25)43-34-15-6-3-11-28(34)30-21-22-31-29-12-4-7-16-35(29)44-38(31)37(30)43;1-40-26-18-14-24(15-19-26)36-32-10-2-5-11-33(32)41-39(42-36)25-16-20-27(21-17-25)43-34-12-6-3-8-28(34)30-22-23-31-29-9-4-7-13-35(29)44-38(31)37(30)43/h3*2-23H. The van der Waals surface area contributed by atoms with Gasteiger partial charge in [0.15, 0.2) is 40.1 Å². The van der Waals surface area contributed by atoms with Crippen LogP contribution in [0.4, 0.5) is 17.1 Å². The Morgan fingerprint density at radius 1 is 0.227 bits per heavy atom. The van der Waals surface area contributed by atoms with Gasteiger partial charge < -0.3 is 18.1 Å². The number of thiophene rings is 2. The third kappa shape index (κ3) is 12.7. The number of para-hydroxylation sites is 7. The van der Waals surface area contributed by atoms with Crippen LogP contribution in [0, 0.1) is 19.7 Å². The summed E-state index contributed by atoms with van der Waals surface area (Å²) in [5, 5.41) is 17.6. The molecule has 9 heterocycles. The minimum absolute atomic E-state index is 0.584. The van der Waals surface area contributed by atoms with E-state index in [1.165, 1.54) is 89.3 Å². The van der Waals surface area contributed by atoms with Gasteiger partial charge in [0.05, 0.1) is 95.8 Å². The SMILES string of the molecule is [C-]#[N+]c1ccc(-c2nc(-c3ccc(-n4c5ccccc5c5ccc6c7ccccc7sc6c54)cc3)nc3ccccc23)cc1.[C-]#[N+]c1ccc(-c2nc(-c3cccc(-n4c5ccccc5c5ccc6c7ccccc7sc6c54)c3)nc3ccccc23)cc1.[C-]#[N+]c1cccc(-c2nc(-c3ccc(-n4c5ccccc5c5ccc6c7ccccc7oc6c54)cc3)nc3ccccc23)c1. The van der Waals surface area contributed by atoms with Crippen LogP contribution in [0.2, 0.25) is 0 Å². The molecular formula is C117H66N12OS2. The Labute approximate surface area is 762 Å². The lowest BCUT2D eigenvalue weighted by atomic mass is 10.0. The smallest absolute Gasteiger partial charge is 0.187 e. The molecule has 0 atom stereocenters. The Morgan fingerprint density at radius 2 is 0.583 bits per heavy atom. The maximum absolute atomic E-state index is 7.48. The van der Waals surface area contributed by atoms with E-state index in [1.807, 2.05) is 168 Å². The molecule has 0 spiro atoms. The fourth-order valence-electron chi connectivity index (χ4n) is 19.2. The van der Waals surface area contributed by atoms with Crippen molar-refractivity contribution < 1.29 is 4.42 Å². The number of furan rings is 1. The highest BCUT2D eigenvalue weighted by Gasteiger charge is 2.25. The first-order valence-electron chi connectivity index (χ1n) is 43.4. The molecule has 0 fully saturated rings. The number of rotatable bonds is 9. The number of fused-ring (bicyclic) bond motifs is 24. The van der Waals surface area contributed by atoms with Gasteiger partial charge in [-0.25, -0.2) is 44.4 Å². The zero-order valence-electron chi connectivity index (χ0n) is 70.2. The van der Waals surface area contributed by atoms with Gasteiger partial charge in [0.2, 0.25) is 0 Å². The number of nitrogens with zero attached hydrogens (tertiary/aromatic N) is 12. The quantitative estimate of drug-likeness (QED) is 0.132. The molecule has 0 radical (unpaired) electrons. The maximum Gasteiger partial charge on any atom is 0.187 e. The van der Waals surface area contributed by atoms with Crippen molar-refractivity contribution in [1.29, 1.82) is 0 Å². The van der Waals surface area contributed by atoms with Crippen LogP contribution < -0.4 is 0 Å². The van der Waals surface area contributed by atoms with Gasteiger partial charge in [-0.1, -0.05) is 273 Å². The van der Waals surface area contributed by atoms with E-state index in [1.54, 1.807) is 0 Å². The average molecular weight is 1720 g/mol. The molecule has 0 aliphatic heterocycles. The first kappa shape index (κ1) is 76.5. The van der Waals surface area contributed by atoms with Crippen molar-refractivity contribution >= 4 is 200 Å². The summed E-state index contributed by atoms with van der Waals surface area (Å²) in [4.78, 5) is 40.9. The minimum atomic E-state index is 0.584. The summed E-state index contributed by atoms with van der Waals surface area (Å²) < 4.78 is 18.8. The molecule has 0 bridgehead atoms. The second kappa shape index (κ2) is 31.3. The van der Waals surface area contributed by atoms with Gasteiger partial charge in [0.25, 0.3) is 0 Å². The van der Waals surface area contributed by atoms with E-state index in [4.69, 9.17) is 54.0 Å². The van der Waals surface area contributed by atoms with Crippen molar-refractivity contribution in [1.82, 2.24) is 43.6 Å². The summed E-state index contributed by atoms with van der Waals surface area (Å²) in [5.41, 5.74) is 24.6. The van der Waals surface area contributed by atoms with Gasteiger partial charge in [-0.05, 0) is 144 Å². The summed E-state index contributed by atoms with van der Waals surface area (Å²) in [7, 11) is 0. The second-order valence-corrected chi connectivity index (χ2v) is 34.8. The molecule has 0 unspecified atom stereocenters. The van der Waals surface area contributed by atoms with Crippen molar-refractivity contribution in [2.24, 2.45) is 0 Å². The predicted octanol–water partition coefficient (Wildman–Crippen LogP) is 32.5. The van der Waals surface area contributed by atoms with E-state index >= 15 is 0 Å². The summed E-state index contributed by atoms with van der Waals surface area (Å²) in [6.45, 7) is 22.1. The monoisotopic (exact) mass is 1720 g/mol. The zero-order valence-corrected chi connectivity index (χ0v) is 71.8. The van der Waals surface area contributed by atoms with Crippen LogP contribution >= 0.6 is 22.7 Å². The fraction of sp³-hybridized carbons (Fsp3) is 0. The van der Waals surface area contributed by atoms with Gasteiger partial charge >= 0.3 is 0 Å². The minimum Gasteiger partial charge on any atom is -0.454 e. The highest BCUT2D eigenvalue weighted by atomic mass is 32.1. The molecule has 18 aromatic carbocycles. The lowest BCUT2D eigenvalue weighted by molar-refractivity contribution is 0.671. The summed E-state index contributed by atoms with van der Waals surface area (Å²) in [6, 6.07) is 137. The molecular weight excluding hydrogens is 1650 g/mol. The third-order valence-corrected chi connectivity index (χ3v) is 27.7. The summed E-state index contributed by atoms with van der Waals surface area (Å²) in [5.74, 6) is 1.98. The lowest BCUT2D eigenvalue weighted by Crippen LogP contribution is -1.98. The largest absolute Gasteiger partial charge is 0.454 e. The van der Waals surface area contributed by atoms with Crippen molar-refractivity contribution in [3.05, 3.63) is 435 Å². The van der Waals surface area contributed by atoms with Crippen LogP contribution in [0.15, 0.2) is 405 Å². The molecule has 0 N–H and O–H groups in total. The molecule has 0 saturated carbocycles. The predicted molar refractivity (Wildman–Crippen MR) is 546 cm³/mol. The first-order chi connectivity index (χ1) is 65.3. The molecule has 0 aliphatic rings. The molecule has 15 heteroatoms. The van der Waals surface area contributed by atoms with Crippen molar-refractivity contribution in [2.75, 3.05) is 0 Å². The van der Waals surface area contributed by atoms with E-state index in [9.17, 15) is 0 Å². The molecule has 0 aliphatic carbocycles. The number of aromatic nitrogens is 9. The van der Waals surface area contributed by atoms with E-state index in [0.717, 1.165) is 139 Å². The highest BCUT2D eigenvalue weighted by Crippen LogP contribution is 2.48. The third-order valence-electron chi connectivity index (χ3n) is 25.3. The second-order valence-electron chi connectivity index (χ2n) is 32.7. The Kier molecular flexibility index (Phi) is 18.1. The van der Waals surface area contributed by atoms with Crippen LogP contribution in [0.1, 0.15) is 0 Å². The van der Waals surface area contributed by atoms with Gasteiger partial charge in [-0.2, -0.15) is 0 Å². The van der Waals surface area contributed by atoms with Crippen molar-refractivity contribution in [3.63, 3.8) is 0 Å². The fourth-order valence-corrected chi connectivity index (χ4v) is 21.7. The molecule has 132 heavy (non-hydrogen) atoms. The average Bonchev–Trinajstić information content (AvgIpc) is 1.57. The Balaban J connectivity index is 0.000000106. The van der Waals surface area contributed by atoms with E-state index in [-0.39, 0.29) is 0 Å². The first-order valence-corrected chi connectivity index (χ1v) is 45.0. The Hall–Kier alpha value is -17.9. The topological polar surface area (TPSA) is 118 Å². The van der Waals surface area contributed by atoms with Crippen LogP contribution in [-0.4, -0.2) is 43.6 Å². The number of hydrogen-bond acceptors (Lipinski definition) is 9. The van der Waals surface area contributed by atoms with Crippen LogP contribution in [0.5, 0.6) is 0 Å². The molecule has 13 nitrogen and oxygen atoms in total. The summed E-state index contributed by atoms with van der Waals surface area (Å²) >= 11 is 3.72. The van der Waals surface area contributed by atoms with E-state index in [0.29, 0.717) is 34.5 Å². The van der Waals surface area contributed by atoms with Crippen LogP contribution in [0.3, 0.4) is 0 Å². The number of benzene rings is 18. The lowest BCUT2D eigenvalue weighted by Gasteiger charge is -2.12. The van der Waals surface area contributed by atoms with E-state index < -0.39 is 0 Å². The Morgan fingerprint density at radius 3 is 1.06 bits per heavy atom. The number of hydrogen-bond donors (Lipinski definition) is 0. The summed E-state index contributed by atoms with van der Waals surface area (Å²) in [6.07, 6.45) is 0. The van der Waals surface area contributed by atoms with Crippen molar-refractivity contribution in [2.45, 2.75) is 0 Å². The molecule has 27 aromatic rings. The molecule has 27 rings (SSSR count). The van der Waals surface area contributed by atoms with Gasteiger partial charge in [0.1, 0.15) is 5.58 Å². The molecule has 0 amide bonds. The van der Waals surface area contributed by atoms with Crippen LogP contribution in [-0.2, 0) is 0 Å². The van der Waals surface area contributed by atoms with Gasteiger partial charge in [-0.3, -0.25) is 0 Å². The van der Waals surface area contributed by atoms with E-state index in [2.05, 4.69) is 283 Å². The highest BCUT2D eigenvalue weighted by molar-refractivity contribution is 7.27. The van der Waals surface area contributed by atoms with Gasteiger partial charge in [0, 0.05) is 124 Å². The normalized spacial score (nSPS) is 11.6. The van der Waals surface area contributed by atoms with Crippen LogP contribution in [0.25, 0.3) is 260 Å². The zero-order chi connectivity index (χ0) is 87.6. The molecule has 9 aromatic heterocycles. The van der Waals surface area contributed by atoms with Gasteiger partial charge in [-0.15, -0.1) is 22.7 Å². The molecule has 0 saturated heterocycles. The molecule has 612 valence electrons.